The number of benzene rings is 2. The second-order valence-electron chi connectivity index (χ2n) is 10.4. The first kappa shape index (κ1) is 31.3. The van der Waals surface area contributed by atoms with Gasteiger partial charge in [0.1, 0.15) is 11.5 Å². The highest BCUT2D eigenvalue weighted by Gasteiger charge is 2.34. The molecule has 0 N–H and O–H groups in total. The van der Waals surface area contributed by atoms with E-state index < -0.39 is 18.0 Å². The fourth-order valence-electron chi connectivity index (χ4n) is 4.71. The van der Waals surface area contributed by atoms with E-state index in [4.69, 9.17) is 41.8 Å². The van der Waals surface area contributed by atoms with Crippen LogP contribution < -0.4 is 24.4 Å². The summed E-state index contributed by atoms with van der Waals surface area (Å²) in [5, 5.41) is 0.753. The number of methoxy groups -OCH3 is 1. The minimum atomic E-state index is -0.897. The van der Waals surface area contributed by atoms with Crippen molar-refractivity contribution in [3.8, 4) is 22.8 Å². The first-order valence-corrected chi connectivity index (χ1v) is 15.2. The highest BCUT2D eigenvalue weighted by Crippen LogP contribution is 2.37. The number of ether oxygens (including phenoxy) is 3. The molecule has 2 aromatic heterocycles. The zero-order valence-electron chi connectivity index (χ0n) is 24.5. The summed E-state index contributed by atoms with van der Waals surface area (Å²) in [6, 6.07) is 12.7. The maximum atomic E-state index is 14.0. The maximum Gasteiger partial charge on any atom is 0.338 e. The molecule has 1 atom stereocenters. The number of carbonyl (C=O) groups excluding carboxylic acids is 2. The average molecular weight is 656 g/mol. The number of aromatic nitrogens is 1. The predicted molar refractivity (Wildman–Crippen MR) is 168 cm³/mol. The molecule has 44 heavy (non-hydrogen) atoms. The number of fused-ring (bicyclic) bond motifs is 1. The molecule has 2 aromatic carbocycles. The lowest BCUT2D eigenvalue weighted by Crippen LogP contribution is -2.40. The van der Waals surface area contributed by atoms with Crippen LogP contribution >= 0.6 is 34.5 Å². The molecule has 4 aromatic rings. The number of esters is 2. The van der Waals surface area contributed by atoms with Crippen LogP contribution in [0.1, 0.15) is 45.1 Å². The maximum absolute atomic E-state index is 14.0. The third-order valence-corrected chi connectivity index (χ3v) is 8.47. The van der Waals surface area contributed by atoms with Gasteiger partial charge in [-0.15, -0.1) is 0 Å². The molecule has 12 heteroatoms. The molecular weight excluding hydrogens is 627 g/mol. The van der Waals surface area contributed by atoms with E-state index in [1.165, 1.54) is 18.6 Å². The summed E-state index contributed by atoms with van der Waals surface area (Å²) < 4.78 is 24.1. The number of hydrogen-bond donors (Lipinski definition) is 0. The Labute approximate surface area is 266 Å². The molecule has 0 bridgehead atoms. The number of furan rings is 1. The minimum absolute atomic E-state index is 0.0996. The van der Waals surface area contributed by atoms with Crippen LogP contribution in [0.4, 0.5) is 0 Å². The van der Waals surface area contributed by atoms with Crippen molar-refractivity contribution in [2.24, 2.45) is 10.9 Å². The molecule has 0 aliphatic carbocycles. The van der Waals surface area contributed by atoms with E-state index >= 15 is 0 Å². The number of nitrogens with zero attached hydrogens (tertiary/aromatic N) is 2. The zero-order chi connectivity index (χ0) is 31.7. The third kappa shape index (κ3) is 6.24. The van der Waals surface area contributed by atoms with Gasteiger partial charge < -0.3 is 18.6 Å². The van der Waals surface area contributed by atoms with Crippen LogP contribution in [-0.2, 0) is 14.3 Å². The second kappa shape index (κ2) is 12.9. The lowest BCUT2D eigenvalue weighted by atomic mass is 9.95. The number of hydrogen-bond acceptors (Lipinski definition) is 9. The Balaban J connectivity index is 1.64. The van der Waals surface area contributed by atoms with Crippen molar-refractivity contribution in [1.82, 2.24) is 4.57 Å². The van der Waals surface area contributed by atoms with Gasteiger partial charge in [0.2, 0.25) is 0 Å². The topological polar surface area (TPSA) is 109 Å². The van der Waals surface area contributed by atoms with Crippen LogP contribution in [0.3, 0.4) is 0 Å². The normalized spacial score (nSPS) is 14.8. The minimum Gasteiger partial charge on any atom is -0.493 e. The van der Waals surface area contributed by atoms with Gasteiger partial charge in [0, 0.05) is 18.6 Å². The van der Waals surface area contributed by atoms with Crippen molar-refractivity contribution in [2.45, 2.75) is 33.7 Å². The zero-order valence-corrected chi connectivity index (χ0v) is 26.8. The second-order valence-corrected chi connectivity index (χ2v) is 12.2. The predicted octanol–water partition coefficient (Wildman–Crippen LogP) is 5.94. The van der Waals surface area contributed by atoms with Gasteiger partial charge in [-0.05, 0) is 54.8 Å². The first-order valence-electron chi connectivity index (χ1n) is 13.6. The van der Waals surface area contributed by atoms with Crippen LogP contribution in [0.15, 0.2) is 74.0 Å². The number of halogens is 2. The van der Waals surface area contributed by atoms with Crippen molar-refractivity contribution < 1.29 is 28.2 Å². The van der Waals surface area contributed by atoms with Gasteiger partial charge in [-0.1, -0.05) is 60.5 Å². The first-order chi connectivity index (χ1) is 21.0. The highest BCUT2D eigenvalue weighted by atomic mass is 35.5. The van der Waals surface area contributed by atoms with E-state index in [1.54, 1.807) is 61.5 Å². The molecule has 0 radical (unpaired) electrons. The number of carbonyl (C=O) groups is 2. The van der Waals surface area contributed by atoms with E-state index in [9.17, 15) is 14.4 Å². The molecule has 228 valence electrons. The van der Waals surface area contributed by atoms with Gasteiger partial charge in [-0.2, -0.15) is 0 Å². The standard InChI is InChI=1S/C32H28Cl2N2O7S/c1-16(2)15-41-31(39)27-17(3)35-32-36(29(27)19-9-11-24(42-18(4)37)25(13-19)40-5)30(38)26(44-32)14-20-10-12-23(43-20)21-7-6-8-22(33)28(21)34/h6-14,16,29H,15H2,1-5H3/b26-14+. The molecule has 0 spiro atoms. The summed E-state index contributed by atoms with van der Waals surface area (Å²) in [6.45, 7) is 7.04. The highest BCUT2D eigenvalue weighted by molar-refractivity contribution is 7.07. The van der Waals surface area contributed by atoms with Gasteiger partial charge >= 0.3 is 11.9 Å². The van der Waals surface area contributed by atoms with Crippen molar-refractivity contribution in [2.75, 3.05) is 13.7 Å². The van der Waals surface area contributed by atoms with Crippen LogP contribution in [-0.4, -0.2) is 30.2 Å². The summed E-state index contributed by atoms with van der Waals surface area (Å²) >= 11 is 13.7. The molecule has 1 aliphatic rings. The molecule has 0 fully saturated rings. The smallest absolute Gasteiger partial charge is 0.338 e. The summed E-state index contributed by atoms with van der Waals surface area (Å²) in [7, 11) is 1.44. The van der Waals surface area contributed by atoms with Gasteiger partial charge in [-0.25, -0.2) is 9.79 Å². The fourth-order valence-corrected chi connectivity index (χ4v) is 6.13. The molecule has 1 unspecified atom stereocenters. The number of allylic oxidation sites excluding steroid dienone is 1. The largest absolute Gasteiger partial charge is 0.493 e. The van der Waals surface area contributed by atoms with Crippen LogP contribution in [0.5, 0.6) is 11.5 Å². The van der Waals surface area contributed by atoms with Crippen LogP contribution in [0.2, 0.25) is 10.0 Å². The molecule has 1 aliphatic heterocycles. The monoisotopic (exact) mass is 654 g/mol. The summed E-state index contributed by atoms with van der Waals surface area (Å²) in [5.74, 6) is 0.356. The fraction of sp³-hybridized carbons (Fsp3) is 0.250. The third-order valence-electron chi connectivity index (χ3n) is 6.66. The van der Waals surface area contributed by atoms with Crippen molar-refractivity contribution in [3.63, 3.8) is 0 Å². The quantitative estimate of drug-likeness (QED) is 0.171. The summed E-state index contributed by atoms with van der Waals surface area (Å²) in [6.07, 6.45) is 1.61. The number of rotatable bonds is 8. The Morgan fingerprint density at radius 2 is 1.91 bits per heavy atom. The van der Waals surface area contributed by atoms with Gasteiger partial charge in [0.15, 0.2) is 16.3 Å². The lowest BCUT2D eigenvalue weighted by Gasteiger charge is -2.25. The Morgan fingerprint density at radius 3 is 2.61 bits per heavy atom. The number of thiazole rings is 1. The Hall–Kier alpha value is -4.12. The van der Waals surface area contributed by atoms with Crippen molar-refractivity contribution in [3.05, 3.63) is 101 Å². The molecule has 3 heterocycles. The molecule has 0 amide bonds. The van der Waals surface area contributed by atoms with Crippen LogP contribution in [0, 0.1) is 5.92 Å². The van der Waals surface area contributed by atoms with Crippen molar-refractivity contribution >= 4 is 52.6 Å². The van der Waals surface area contributed by atoms with Gasteiger partial charge in [-0.3, -0.25) is 14.2 Å². The summed E-state index contributed by atoms with van der Waals surface area (Å²) in [5.41, 5.74) is 1.39. The van der Waals surface area contributed by atoms with E-state index in [0.717, 1.165) is 11.3 Å². The Bertz CT molecular complexity index is 1990. The molecule has 5 rings (SSSR count). The van der Waals surface area contributed by atoms with E-state index in [2.05, 4.69) is 4.99 Å². The SMILES string of the molecule is COc1cc(C2C(C(=O)OCC(C)C)=C(C)N=c3s/c(=C/c4ccc(-c5cccc(Cl)c5Cl)o4)c(=O)n32)ccc1OC(C)=O. The Kier molecular flexibility index (Phi) is 9.15. The van der Waals surface area contributed by atoms with Gasteiger partial charge in [0.05, 0.1) is 45.6 Å². The van der Waals surface area contributed by atoms with E-state index in [-0.39, 0.29) is 35.2 Å². The lowest BCUT2D eigenvalue weighted by molar-refractivity contribution is -0.140. The molecule has 9 nitrogen and oxygen atoms in total. The van der Waals surface area contributed by atoms with E-state index in [1.807, 2.05) is 13.8 Å². The van der Waals surface area contributed by atoms with E-state index in [0.29, 0.717) is 47.7 Å². The molecular formula is C32H28Cl2N2O7S. The average Bonchev–Trinajstić information content (AvgIpc) is 3.56. The Morgan fingerprint density at radius 1 is 1.14 bits per heavy atom. The van der Waals surface area contributed by atoms with Crippen molar-refractivity contribution in [1.29, 1.82) is 0 Å². The van der Waals surface area contributed by atoms with Gasteiger partial charge in [0.25, 0.3) is 5.56 Å². The van der Waals surface area contributed by atoms with Crippen LogP contribution in [0.25, 0.3) is 17.4 Å². The molecule has 0 saturated heterocycles. The summed E-state index contributed by atoms with van der Waals surface area (Å²) in [4.78, 5) is 44.1. The molecule has 0 saturated carbocycles.